The Balaban J connectivity index is 0.000000280. The Bertz CT molecular complexity index is 482. The van der Waals surface area contributed by atoms with Crippen LogP contribution in [0.25, 0.3) is 0 Å². The number of fused-ring (bicyclic) bond motifs is 1. The molecule has 2 fully saturated rings. The molecule has 0 N–H and O–H groups in total. The van der Waals surface area contributed by atoms with Crippen molar-refractivity contribution < 1.29 is 0 Å². The molecule has 0 radical (unpaired) electrons. The van der Waals surface area contributed by atoms with Crippen molar-refractivity contribution in [2.75, 3.05) is 0 Å². The van der Waals surface area contributed by atoms with Crippen LogP contribution in [0.4, 0.5) is 0 Å². The highest BCUT2D eigenvalue weighted by molar-refractivity contribution is 5.07. The lowest BCUT2D eigenvalue weighted by molar-refractivity contribution is 0.196. The lowest BCUT2D eigenvalue weighted by Gasteiger charge is -2.36. The highest BCUT2D eigenvalue weighted by Crippen LogP contribution is 2.40. The van der Waals surface area contributed by atoms with E-state index in [0.29, 0.717) is 0 Å². The minimum atomic E-state index is 0.758. The predicted molar refractivity (Wildman–Crippen MR) is 133 cm³/mol. The van der Waals surface area contributed by atoms with Crippen LogP contribution in [0.5, 0.6) is 0 Å². The Morgan fingerprint density at radius 2 is 1.79 bits per heavy atom. The SMILES string of the molecule is C=CCC(C)CC=C(C)C1CCCC1CC.CC.CC1CC=CC2CCCCC12. The maximum atomic E-state index is 3.81. The summed E-state index contributed by atoms with van der Waals surface area (Å²) in [6.07, 6.45) is 24.7. The van der Waals surface area contributed by atoms with Crippen LogP contribution in [-0.4, -0.2) is 0 Å². The Morgan fingerprint density at radius 3 is 2.45 bits per heavy atom. The number of hydrogen-bond donors (Lipinski definition) is 0. The van der Waals surface area contributed by atoms with Gasteiger partial charge in [-0.05, 0) is 87.4 Å². The van der Waals surface area contributed by atoms with Gasteiger partial charge in [-0.15, -0.1) is 6.58 Å². The quantitative estimate of drug-likeness (QED) is 0.389. The van der Waals surface area contributed by atoms with Crippen LogP contribution >= 0.6 is 0 Å². The first kappa shape index (κ1) is 26.3. The van der Waals surface area contributed by atoms with E-state index in [1.165, 1.54) is 64.2 Å². The molecule has 3 rings (SSSR count). The van der Waals surface area contributed by atoms with E-state index in [-0.39, 0.29) is 0 Å². The fourth-order valence-corrected chi connectivity index (χ4v) is 5.82. The molecule has 6 atom stereocenters. The monoisotopic (exact) mass is 400 g/mol. The van der Waals surface area contributed by atoms with E-state index in [1.54, 1.807) is 5.57 Å². The van der Waals surface area contributed by atoms with Crippen molar-refractivity contribution >= 4 is 0 Å². The van der Waals surface area contributed by atoms with Gasteiger partial charge in [0, 0.05) is 0 Å². The van der Waals surface area contributed by atoms with Crippen LogP contribution in [0.1, 0.15) is 112 Å². The maximum Gasteiger partial charge on any atom is -0.0178 e. The van der Waals surface area contributed by atoms with E-state index >= 15 is 0 Å². The smallest absolute Gasteiger partial charge is 0.0178 e. The zero-order valence-electron chi connectivity index (χ0n) is 20.8. The third-order valence-corrected chi connectivity index (χ3v) is 7.68. The molecule has 0 heterocycles. The number of hydrogen-bond acceptors (Lipinski definition) is 0. The third kappa shape index (κ3) is 8.85. The third-order valence-electron chi connectivity index (χ3n) is 7.68. The predicted octanol–water partition coefficient (Wildman–Crippen LogP) is 9.78. The van der Waals surface area contributed by atoms with Gasteiger partial charge < -0.3 is 0 Å². The summed E-state index contributed by atoms with van der Waals surface area (Å²) in [5.74, 6) is 5.56. The van der Waals surface area contributed by atoms with Gasteiger partial charge in [-0.1, -0.05) is 90.2 Å². The molecular weight excluding hydrogens is 348 g/mol. The molecule has 0 aromatic carbocycles. The molecule has 29 heavy (non-hydrogen) atoms. The van der Waals surface area contributed by atoms with Crippen LogP contribution in [0.3, 0.4) is 0 Å². The molecule has 0 saturated heterocycles. The van der Waals surface area contributed by atoms with Crippen molar-refractivity contribution in [2.24, 2.45) is 35.5 Å². The van der Waals surface area contributed by atoms with Crippen LogP contribution in [-0.2, 0) is 0 Å². The molecule has 0 amide bonds. The van der Waals surface area contributed by atoms with Gasteiger partial charge in [0.1, 0.15) is 0 Å². The van der Waals surface area contributed by atoms with Crippen molar-refractivity contribution in [2.45, 2.75) is 112 Å². The lowest BCUT2D eigenvalue weighted by Crippen LogP contribution is -2.26. The van der Waals surface area contributed by atoms with Gasteiger partial charge >= 0.3 is 0 Å². The summed E-state index contributed by atoms with van der Waals surface area (Å²) in [5, 5.41) is 0. The van der Waals surface area contributed by atoms with Crippen LogP contribution < -0.4 is 0 Å². The van der Waals surface area contributed by atoms with Crippen molar-refractivity contribution in [3.63, 3.8) is 0 Å². The van der Waals surface area contributed by atoms with E-state index in [4.69, 9.17) is 0 Å². The van der Waals surface area contributed by atoms with E-state index in [0.717, 1.165) is 41.9 Å². The topological polar surface area (TPSA) is 0 Å². The summed E-state index contributed by atoms with van der Waals surface area (Å²) in [7, 11) is 0. The van der Waals surface area contributed by atoms with Gasteiger partial charge in [-0.3, -0.25) is 0 Å². The van der Waals surface area contributed by atoms with Crippen molar-refractivity contribution in [1.82, 2.24) is 0 Å². The Kier molecular flexibility index (Phi) is 13.7. The normalized spacial score (nSPS) is 32.2. The maximum absolute atomic E-state index is 3.81. The average molecular weight is 401 g/mol. The molecule has 168 valence electrons. The van der Waals surface area contributed by atoms with Crippen LogP contribution in [0, 0.1) is 35.5 Å². The molecule has 0 spiro atoms. The van der Waals surface area contributed by atoms with Gasteiger partial charge in [-0.2, -0.15) is 0 Å². The zero-order chi connectivity index (χ0) is 21.6. The first-order chi connectivity index (χ1) is 14.1. The van der Waals surface area contributed by atoms with Crippen molar-refractivity contribution in [3.05, 3.63) is 36.5 Å². The van der Waals surface area contributed by atoms with E-state index in [1.807, 2.05) is 19.9 Å². The summed E-state index contributed by atoms with van der Waals surface area (Å²) in [6.45, 7) is 17.2. The van der Waals surface area contributed by atoms with Gasteiger partial charge in [-0.25, -0.2) is 0 Å². The molecule has 2 saturated carbocycles. The Hall–Kier alpha value is -0.780. The second kappa shape index (κ2) is 15.1. The summed E-state index contributed by atoms with van der Waals surface area (Å²) in [6, 6.07) is 0. The van der Waals surface area contributed by atoms with Crippen molar-refractivity contribution in [3.8, 4) is 0 Å². The standard InChI is InChI=1S/C16H28.C11H18.C2H6/c1-5-8-13(3)11-12-14(4)16-10-7-9-15(16)6-2;1-9-5-4-7-10-6-2-3-8-11(9)10;1-2/h5,12-13,15-16H,1,6-11H2,2-4H3;4,7,9-11H,2-3,5-6,8H2,1H3;1-2H3. The van der Waals surface area contributed by atoms with Gasteiger partial charge in [0.2, 0.25) is 0 Å². The molecule has 0 nitrogen and oxygen atoms in total. The molecule has 3 aliphatic carbocycles. The Labute approximate surface area is 184 Å². The molecule has 0 aromatic rings. The second-order valence-electron chi connectivity index (χ2n) is 9.77. The summed E-state index contributed by atoms with van der Waals surface area (Å²) >= 11 is 0. The first-order valence-electron chi connectivity index (χ1n) is 13.0. The van der Waals surface area contributed by atoms with Crippen LogP contribution in [0.15, 0.2) is 36.5 Å². The minimum Gasteiger partial charge on any atom is -0.103 e. The molecule has 3 aliphatic rings. The minimum absolute atomic E-state index is 0.758. The fourth-order valence-electron chi connectivity index (χ4n) is 5.82. The summed E-state index contributed by atoms with van der Waals surface area (Å²) in [4.78, 5) is 0. The van der Waals surface area contributed by atoms with Gasteiger partial charge in [0.05, 0.1) is 0 Å². The highest BCUT2D eigenvalue weighted by Gasteiger charge is 2.29. The van der Waals surface area contributed by atoms with Gasteiger partial charge in [0.25, 0.3) is 0 Å². The van der Waals surface area contributed by atoms with Gasteiger partial charge in [0.15, 0.2) is 0 Å². The van der Waals surface area contributed by atoms with E-state index in [2.05, 4.69) is 52.5 Å². The number of allylic oxidation sites excluding steroid dienone is 5. The molecule has 0 heteroatoms. The molecular formula is C29H52. The first-order valence-corrected chi connectivity index (χ1v) is 13.0. The largest absolute Gasteiger partial charge is 0.103 e. The fraction of sp³-hybridized carbons (Fsp3) is 0.793. The Morgan fingerprint density at radius 1 is 1.07 bits per heavy atom. The molecule has 0 aromatic heterocycles. The molecule has 6 unspecified atom stereocenters. The van der Waals surface area contributed by atoms with E-state index in [9.17, 15) is 0 Å². The average Bonchev–Trinajstić information content (AvgIpc) is 3.24. The molecule has 0 aliphatic heterocycles. The van der Waals surface area contributed by atoms with Crippen molar-refractivity contribution in [1.29, 1.82) is 0 Å². The molecule has 0 bridgehead atoms. The lowest BCUT2D eigenvalue weighted by atomic mass is 9.69. The van der Waals surface area contributed by atoms with Crippen LogP contribution in [0.2, 0.25) is 0 Å². The number of rotatable bonds is 6. The summed E-state index contributed by atoms with van der Waals surface area (Å²) in [5.41, 5.74) is 1.65. The second-order valence-corrected chi connectivity index (χ2v) is 9.77. The van der Waals surface area contributed by atoms with E-state index < -0.39 is 0 Å². The zero-order valence-corrected chi connectivity index (χ0v) is 20.8. The highest BCUT2D eigenvalue weighted by atomic mass is 14.3. The summed E-state index contributed by atoms with van der Waals surface area (Å²) < 4.78 is 0.